The van der Waals surface area contributed by atoms with Crippen molar-refractivity contribution < 1.29 is 38.3 Å². The van der Waals surface area contributed by atoms with Gasteiger partial charge in [0.15, 0.2) is 0 Å². The van der Waals surface area contributed by atoms with Crippen molar-refractivity contribution in [3.63, 3.8) is 0 Å². The number of rotatable bonds is 3. The Kier molecular flexibility index (Phi) is 28.7. The Morgan fingerprint density at radius 3 is 0.952 bits per heavy atom. The van der Waals surface area contributed by atoms with Gasteiger partial charge >= 0.3 is 23.9 Å². The molecule has 0 fully saturated rings. The van der Waals surface area contributed by atoms with E-state index in [1.807, 2.05) is 0 Å². The van der Waals surface area contributed by atoms with Crippen LogP contribution in [-0.4, -0.2) is 74.8 Å². The first kappa shape index (κ1) is 28.3. The minimum atomic E-state index is -0.468. The smallest absolute Gasteiger partial charge is 0.321 e. The molecule has 0 saturated carbocycles. The van der Waals surface area contributed by atoms with E-state index in [1.165, 1.54) is 27.7 Å². The van der Waals surface area contributed by atoms with Crippen LogP contribution in [-0.2, 0) is 38.3 Å². The van der Waals surface area contributed by atoms with Gasteiger partial charge in [-0.3, -0.25) is 19.2 Å². The molecule has 21 heavy (non-hydrogen) atoms. The van der Waals surface area contributed by atoms with Gasteiger partial charge in [-0.25, -0.2) is 0 Å². The van der Waals surface area contributed by atoms with E-state index in [2.05, 4.69) is 30.9 Å². The molecule has 0 bridgehead atoms. The predicted molar refractivity (Wildman–Crippen MR) is 70.9 cm³/mol. The summed E-state index contributed by atoms with van der Waals surface area (Å²) in [6.07, 6.45) is 0. The first-order valence-corrected chi connectivity index (χ1v) is 5.18. The Bertz CT molecular complexity index is 281. The monoisotopic (exact) mass is 336 g/mol. The van der Waals surface area contributed by atoms with Crippen molar-refractivity contribution in [1.82, 2.24) is 0 Å². The van der Waals surface area contributed by atoms with Gasteiger partial charge in [0.05, 0.1) is 0 Å². The molecule has 0 amide bonds. The van der Waals surface area contributed by atoms with Crippen LogP contribution in [0.4, 0.5) is 0 Å². The third-order valence-electron chi connectivity index (χ3n) is 1.03. The molecular formula is C10H20CaN2O8. The molecule has 11 heteroatoms. The summed E-state index contributed by atoms with van der Waals surface area (Å²) in [4.78, 5) is 46.4. The Morgan fingerprint density at radius 2 is 0.857 bits per heavy atom. The average Bonchev–Trinajstić information content (AvgIpc) is 2.35. The van der Waals surface area contributed by atoms with Crippen molar-refractivity contribution in [3.8, 4) is 0 Å². The maximum atomic E-state index is 10.1. The van der Waals surface area contributed by atoms with Gasteiger partial charge in [-0.2, -0.15) is 11.8 Å². The molecule has 0 saturated heterocycles. The van der Waals surface area contributed by atoms with Gasteiger partial charge < -0.3 is 19.1 Å². The number of ether oxygens (including phenoxy) is 2. The summed E-state index contributed by atoms with van der Waals surface area (Å²) in [5, 5.41) is 0. The summed E-state index contributed by atoms with van der Waals surface area (Å²) in [6, 6.07) is 0. The Balaban J connectivity index is -0.000000112. The van der Waals surface area contributed by atoms with Gasteiger partial charge in [0.25, 0.3) is 0 Å². The maximum absolute atomic E-state index is 10.1. The molecule has 0 aromatic carbocycles. The average molecular weight is 336 g/mol. The number of hydrogen-bond donors (Lipinski definition) is 2. The molecule has 0 rings (SSSR count). The molecule has 0 aliphatic carbocycles. The first-order chi connectivity index (χ1) is 9.17. The van der Waals surface area contributed by atoms with E-state index in [-0.39, 0.29) is 62.9 Å². The number of hydrogen-bond acceptors (Lipinski definition) is 10. The number of esters is 2. The van der Waals surface area contributed by atoms with Crippen molar-refractivity contribution in [2.75, 3.05) is 13.2 Å². The molecule has 0 aliphatic rings. The summed E-state index contributed by atoms with van der Waals surface area (Å²) in [5.41, 5.74) is 0. The van der Waals surface area contributed by atoms with Gasteiger partial charge in [-0.15, -0.1) is 0 Å². The zero-order chi connectivity index (χ0) is 16.6. The topological polar surface area (TPSA) is 157 Å². The molecule has 0 heterocycles. The fourth-order valence-electron chi connectivity index (χ4n) is 0.371. The van der Waals surface area contributed by atoms with Crippen molar-refractivity contribution in [3.05, 3.63) is 0 Å². The molecule has 2 radical (unpaired) electrons. The fraction of sp³-hybridized carbons (Fsp3) is 0.600. The Morgan fingerprint density at radius 1 is 0.667 bits per heavy atom. The first-order valence-electron chi connectivity index (χ1n) is 5.18. The molecule has 4 N–H and O–H groups in total. The van der Waals surface area contributed by atoms with Crippen LogP contribution in [0.5, 0.6) is 0 Å². The summed E-state index contributed by atoms with van der Waals surface area (Å²) >= 11 is 0. The van der Waals surface area contributed by atoms with Gasteiger partial charge in [-0.1, -0.05) is 0 Å². The second kappa shape index (κ2) is 21.4. The van der Waals surface area contributed by atoms with Crippen LogP contribution in [0.25, 0.3) is 0 Å². The van der Waals surface area contributed by atoms with Crippen LogP contribution in [0.3, 0.4) is 0 Å². The Labute approximate surface area is 152 Å². The zero-order valence-electron chi connectivity index (χ0n) is 12.5. The minimum absolute atomic E-state index is 0. The fourth-order valence-corrected chi connectivity index (χ4v) is 0.371. The van der Waals surface area contributed by atoms with Crippen LogP contribution >= 0.6 is 0 Å². The van der Waals surface area contributed by atoms with Crippen LogP contribution in [0.1, 0.15) is 27.7 Å². The SMILES string of the molecule is CC(=O)OCCOC(C)=O.CC(=O)ON.CC(=O)ON.[Ca]. The standard InChI is InChI=1S/C6H10O4.2C2H5NO2.Ca/c1-5(7)9-3-4-10-6(2)8;2*1-2(4)5-3;/h3-4H2,1-2H3;2*3H2,1H3;. The van der Waals surface area contributed by atoms with Crippen LogP contribution in [0.15, 0.2) is 0 Å². The van der Waals surface area contributed by atoms with Crippen molar-refractivity contribution in [2.45, 2.75) is 27.7 Å². The molecule has 0 aliphatic heterocycles. The number of carbonyl (C=O) groups is 4. The largest absolute Gasteiger partial charge is 0.462 e. The van der Waals surface area contributed by atoms with Gasteiger partial charge in [0, 0.05) is 65.4 Å². The molecule has 0 atom stereocenters. The predicted octanol–water partition coefficient (Wildman–Crippen LogP) is -1.42. The quantitative estimate of drug-likeness (QED) is 0.271. The van der Waals surface area contributed by atoms with E-state index in [1.54, 1.807) is 0 Å². The third-order valence-corrected chi connectivity index (χ3v) is 1.03. The van der Waals surface area contributed by atoms with Gasteiger partial charge in [0.1, 0.15) is 13.2 Å². The van der Waals surface area contributed by atoms with E-state index in [9.17, 15) is 19.2 Å². The van der Waals surface area contributed by atoms with Crippen molar-refractivity contribution in [2.24, 2.45) is 11.8 Å². The molecule has 10 nitrogen and oxygen atoms in total. The molecule has 120 valence electrons. The van der Waals surface area contributed by atoms with Crippen LogP contribution < -0.4 is 11.8 Å². The maximum Gasteiger partial charge on any atom is 0.321 e. The van der Waals surface area contributed by atoms with Crippen molar-refractivity contribution >= 4 is 61.6 Å². The van der Waals surface area contributed by atoms with Crippen LogP contribution in [0, 0.1) is 0 Å². The van der Waals surface area contributed by atoms with E-state index >= 15 is 0 Å². The zero-order valence-corrected chi connectivity index (χ0v) is 14.8. The van der Waals surface area contributed by atoms with E-state index < -0.39 is 11.9 Å². The molecule has 0 unspecified atom stereocenters. The molecule has 0 spiro atoms. The summed E-state index contributed by atoms with van der Waals surface area (Å²) in [7, 11) is 0. The molecular weight excluding hydrogens is 316 g/mol. The van der Waals surface area contributed by atoms with Crippen LogP contribution in [0.2, 0.25) is 0 Å². The molecule has 0 aromatic heterocycles. The normalized spacial score (nSPS) is 7.33. The number of carbonyl (C=O) groups excluding carboxylic acids is 4. The van der Waals surface area contributed by atoms with Crippen molar-refractivity contribution in [1.29, 1.82) is 0 Å². The molecule has 0 aromatic rings. The van der Waals surface area contributed by atoms with E-state index in [0.29, 0.717) is 0 Å². The summed E-state index contributed by atoms with van der Waals surface area (Å²) < 4.78 is 8.95. The second-order valence-corrected chi connectivity index (χ2v) is 2.90. The Hall–Kier alpha value is -0.940. The van der Waals surface area contributed by atoms with Gasteiger partial charge in [0.2, 0.25) is 0 Å². The van der Waals surface area contributed by atoms with Gasteiger partial charge in [-0.05, 0) is 0 Å². The number of nitrogens with two attached hydrogens (primary N) is 2. The second-order valence-electron chi connectivity index (χ2n) is 2.90. The van der Waals surface area contributed by atoms with E-state index in [0.717, 1.165) is 0 Å². The third kappa shape index (κ3) is 54.8. The summed E-state index contributed by atoms with van der Waals surface area (Å²) in [6.45, 7) is 5.34. The summed E-state index contributed by atoms with van der Waals surface area (Å²) in [5.74, 6) is 6.97. The minimum Gasteiger partial charge on any atom is -0.462 e. The van der Waals surface area contributed by atoms with E-state index in [4.69, 9.17) is 0 Å².